The molecule has 1 fully saturated rings. The van der Waals surface area contributed by atoms with Crippen LogP contribution >= 0.6 is 24.8 Å². The number of benzene rings is 1. The van der Waals surface area contributed by atoms with Crippen molar-refractivity contribution >= 4 is 36.4 Å². The molecule has 138 valence electrons. The molecule has 0 unspecified atom stereocenters. The van der Waals surface area contributed by atoms with Crippen LogP contribution < -0.4 is 15.4 Å². The number of hydrogen-bond acceptors (Lipinski definition) is 4. The molecule has 24 heavy (non-hydrogen) atoms. The van der Waals surface area contributed by atoms with Gasteiger partial charge in [0.15, 0.2) is 11.6 Å². The third-order valence-corrected chi connectivity index (χ3v) is 3.74. The van der Waals surface area contributed by atoms with Crippen molar-refractivity contribution in [2.24, 2.45) is 5.73 Å². The van der Waals surface area contributed by atoms with E-state index >= 15 is 0 Å². The average Bonchev–Trinajstić information content (AvgIpc) is 2.45. The highest BCUT2D eigenvalue weighted by Crippen LogP contribution is 2.24. The molecule has 0 radical (unpaired) electrons. The molecule has 0 spiro atoms. The molecule has 1 amide bonds. The minimum atomic E-state index is -0.493. The normalized spacial score (nSPS) is 14.5. The van der Waals surface area contributed by atoms with E-state index in [1.165, 1.54) is 13.2 Å². The second-order valence-electron chi connectivity index (χ2n) is 6.35. The van der Waals surface area contributed by atoms with Crippen molar-refractivity contribution in [3.8, 4) is 5.75 Å². The quantitative estimate of drug-likeness (QED) is 0.869. The van der Waals surface area contributed by atoms with Gasteiger partial charge in [-0.05, 0) is 26.0 Å². The van der Waals surface area contributed by atoms with Crippen molar-refractivity contribution in [1.29, 1.82) is 0 Å². The van der Waals surface area contributed by atoms with E-state index in [1.54, 1.807) is 6.07 Å². The van der Waals surface area contributed by atoms with Crippen LogP contribution in [-0.2, 0) is 4.79 Å². The van der Waals surface area contributed by atoms with Crippen LogP contribution in [0.5, 0.6) is 5.75 Å². The van der Waals surface area contributed by atoms with E-state index in [4.69, 9.17) is 10.5 Å². The molecule has 2 N–H and O–H groups in total. The predicted molar refractivity (Wildman–Crippen MR) is 99.1 cm³/mol. The van der Waals surface area contributed by atoms with Gasteiger partial charge in [-0.3, -0.25) is 4.79 Å². The SMILES string of the molecule is COc1ccc(N2CCN(C(=O)CC(C)(C)N)CC2)cc1F.Cl.Cl. The highest BCUT2D eigenvalue weighted by atomic mass is 35.5. The number of carbonyl (C=O) groups is 1. The molecule has 1 aliphatic rings. The molecule has 1 aliphatic heterocycles. The molecular weight excluding hydrogens is 356 g/mol. The maximum atomic E-state index is 13.8. The Morgan fingerprint density at radius 1 is 1.25 bits per heavy atom. The summed E-state index contributed by atoms with van der Waals surface area (Å²) in [4.78, 5) is 16.0. The van der Waals surface area contributed by atoms with Gasteiger partial charge in [-0.15, -0.1) is 24.8 Å². The third kappa shape index (κ3) is 6.00. The maximum Gasteiger partial charge on any atom is 0.224 e. The van der Waals surface area contributed by atoms with Gasteiger partial charge in [-0.2, -0.15) is 0 Å². The Bertz CT molecular complexity index is 545. The lowest BCUT2D eigenvalue weighted by molar-refractivity contribution is -0.132. The molecule has 8 heteroatoms. The fourth-order valence-electron chi connectivity index (χ4n) is 2.57. The first-order valence-electron chi connectivity index (χ1n) is 7.45. The topological polar surface area (TPSA) is 58.8 Å². The second kappa shape index (κ2) is 9.30. The van der Waals surface area contributed by atoms with Crippen LogP contribution in [-0.4, -0.2) is 49.6 Å². The maximum absolute atomic E-state index is 13.8. The van der Waals surface area contributed by atoms with Gasteiger partial charge in [0.25, 0.3) is 0 Å². The standard InChI is InChI=1S/C16H24FN3O2.2ClH/c1-16(2,18)11-15(21)20-8-6-19(7-9-20)12-4-5-14(22-3)13(17)10-12;;/h4-5,10H,6-9,11,18H2,1-3H3;2*1H. The van der Waals surface area contributed by atoms with E-state index in [-0.39, 0.29) is 42.3 Å². The third-order valence-electron chi connectivity index (χ3n) is 3.74. The zero-order valence-electron chi connectivity index (χ0n) is 14.3. The number of carbonyl (C=O) groups excluding carboxylic acids is 1. The molecule has 1 heterocycles. The van der Waals surface area contributed by atoms with Gasteiger partial charge in [0, 0.05) is 49.9 Å². The van der Waals surface area contributed by atoms with Crippen LogP contribution in [0.2, 0.25) is 0 Å². The number of amides is 1. The average molecular weight is 382 g/mol. The number of anilines is 1. The van der Waals surface area contributed by atoms with Crippen molar-refractivity contribution in [3.05, 3.63) is 24.0 Å². The number of nitrogens with zero attached hydrogens (tertiary/aromatic N) is 2. The van der Waals surface area contributed by atoms with Crippen molar-refractivity contribution in [1.82, 2.24) is 4.90 Å². The van der Waals surface area contributed by atoms with Crippen molar-refractivity contribution in [2.75, 3.05) is 38.2 Å². The first-order valence-corrected chi connectivity index (χ1v) is 7.45. The number of ether oxygens (including phenoxy) is 1. The molecule has 0 saturated carbocycles. The van der Waals surface area contributed by atoms with Crippen LogP contribution in [0.3, 0.4) is 0 Å². The Balaban J connectivity index is 0.00000264. The minimum Gasteiger partial charge on any atom is -0.494 e. The molecule has 1 aromatic rings. The molecule has 1 aromatic carbocycles. The number of piperazine rings is 1. The zero-order chi connectivity index (χ0) is 16.3. The van der Waals surface area contributed by atoms with Crippen LogP contribution in [0, 0.1) is 5.82 Å². The summed E-state index contributed by atoms with van der Waals surface area (Å²) in [5, 5.41) is 0. The van der Waals surface area contributed by atoms with Gasteiger partial charge in [0.1, 0.15) is 0 Å². The van der Waals surface area contributed by atoms with Crippen LogP contribution in [0.4, 0.5) is 10.1 Å². The van der Waals surface area contributed by atoms with Gasteiger partial charge >= 0.3 is 0 Å². The number of methoxy groups -OCH3 is 1. The smallest absolute Gasteiger partial charge is 0.224 e. The molecule has 0 aliphatic carbocycles. The molecule has 0 atom stereocenters. The lowest BCUT2D eigenvalue weighted by atomic mass is 10.0. The van der Waals surface area contributed by atoms with E-state index in [9.17, 15) is 9.18 Å². The van der Waals surface area contributed by atoms with Crippen molar-refractivity contribution in [2.45, 2.75) is 25.8 Å². The van der Waals surface area contributed by atoms with Gasteiger partial charge in [-0.25, -0.2) is 4.39 Å². The van der Waals surface area contributed by atoms with E-state index in [2.05, 4.69) is 4.90 Å². The Morgan fingerprint density at radius 3 is 2.29 bits per heavy atom. The molecule has 2 rings (SSSR count). The van der Waals surface area contributed by atoms with Gasteiger partial charge in [0.2, 0.25) is 5.91 Å². The molecule has 1 saturated heterocycles. The summed E-state index contributed by atoms with van der Waals surface area (Å²) in [7, 11) is 1.45. The van der Waals surface area contributed by atoms with Crippen molar-refractivity contribution < 1.29 is 13.9 Å². The fraction of sp³-hybridized carbons (Fsp3) is 0.562. The summed E-state index contributed by atoms with van der Waals surface area (Å²) < 4.78 is 18.7. The number of nitrogens with two attached hydrogens (primary N) is 1. The summed E-state index contributed by atoms with van der Waals surface area (Å²) in [6.45, 7) is 6.32. The Morgan fingerprint density at radius 2 is 1.83 bits per heavy atom. The molecule has 0 aromatic heterocycles. The summed E-state index contributed by atoms with van der Waals surface area (Å²) in [6.07, 6.45) is 0.337. The largest absolute Gasteiger partial charge is 0.494 e. The highest BCUT2D eigenvalue weighted by Gasteiger charge is 2.25. The van der Waals surface area contributed by atoms with E-state index in [0.29, 0.717) is 32.6 Å². The van der Waals surface area contributed by atoms with Gasteiger partial charge in [0.05, 0.1) is 7.11 Å². The Labute approximate surface area is 155 Å². The number of halogens is 3. The first kappa shape index (κ1) is 22.8. The number of rotatable bonds is 4. The first-order chi connectivity index (χ1) is 10.3. The van der Waals surface area contributed by atoms with Crippen LogP contribution in [0.25, 0.3) is 0 Å². The lowest BCUT2D eigenvalue weighted by Gasteiger charge is -2.37. The molecule has 5 nitrogen and oxygen atoms in total. The van der Waals surface area contributed by atoms with Crippen LogP contribution in [0.1, 0.15) is 20.3 Å². The fourth-order valence-corrected chi connectivity index (χ4v) is 2.57. The summed E-state index contributed by atoms with van der Waals surface area (Å²) in [5.41, 5.74) is 6.21. The summed E-state index contributed by atoms with van der Waals surface area (Å²) in [5.74, 6) is -0.0563. The molecule has 0 bridgehead atoms. The highest BCUT2D eigenvalue weighted by molar-refractivity contribution is 5.85. The van der Waals surface area contributed by atoms with Gasteiger partial charge in [-0.1, -0.05) is 0 Å². The summed E-state index contributed by atoms with van der Waals surface area (Å²) in [6, 6.07) is 4.93. The predicted octanol–water partition coefficient (Wildman–Crippen LogP) is 2.45. The van der Waals surface area contributed by atoms with E-state index in [1.807, 2.05) is 24.8 Å². The Hall–Kier alpha value is -1.24. The monoisotopic (exact) mass is 381 g/mol. The lowest BCUT2D eigenvalue weighted by Crippen LogP contribution is -2.51. The molecular formula is C16H26Cl2FN3O2. The number of hydrogen-bond donors (Lipinski definition) is 1. The summed E-state index contributed by atoms with van der Waals surface area (Å²) >= 11 is 0. The zero-order valence-corrected chi connectivity index (χ0v) is 15.9. The van der Waals surface area contributed by atoms with E-state index < -0.39 is 5.54 Å². The van der Waals surface area contributed by atoms with Crippen molar-refractivity contribution in [3.63, 3.8) is 0 Å². The second-order valence-corrected chi connectivity index (χ2v) is 6.35. The Kier molecular flexibility index (Phi) is 8.82. The van der Waals surface area contributed by atoms with Gasteiger partial charge < -0.3 is 20.3 Å². The van der Waals surface area contributed by atoms with Crippen LogP contribution in [0.15, 0.2) is 18.2 Å². The minimum absolute atomic E-state index is 0. The van der Waals surface area contributed by atoms with E-state index in [0.717, 1.165) is 5.69 Å².